The van der Waals surface area contributed by atoms with Gasteiger partial charge in [-0.25, -0.2) is 17.5 Å². The Morgan fingerprint density at radius 2 is 2.08 bits per heavy atom. The normalized spacial score (nSPS) is 11.8. The van der Waals surface area contributed by atoms with Gasteiger partial charge in [-0.2, -0.15) is 4.52 Å². The molecule has 132 valence electrons. The fraction of sp³-hybridized carbons (Fsp3) is 0.214. The maximum atomic E-state index is 13.1. The Bertz CT molecular complexity index is 1020. The van der Waals surface area contributed by atoms with Gasteiger partial charge in [0, 0.05) is 12.6 Å². The van der Waals surface area contributed by atoms with E-state index in [0.717, 1.165) is 18.2 Å². The van der Waals surface area contributed by atoms with Crippen LogP contribution < -0.4 is 9.46 Å². The predicted octanol–water partition coefficient (Wildman–Crippen LogP) is 1.58. The van der Waals surface area contributed by atoms with Crippen molar-refractivity contribution < 1.29 is 17.5 Å². The van der Waals surface area contributed by atoms with Gasteiger partial charge >= 0.3 is 0 Å². The lowest BCUT2D eigenvalue weighted by atomic mass is 10.3. The molecule has 0 bridgehead atoms. The van der Waals surface area contributed by atoms with E-state index < -0.39 is 15.8 Å². The Morgan fingerprint density at radius 3 is 2.84 bits per heavy atom. The molecule has 0 saturated heterocycles. The molecule has 3 aromatic rings. The fourth-order valence-corrected chi connectivity index (χ4v) is 3.30. The van der Waals surface area contributed by atoms with E-state index in [1.54, 1.807) is 19.1 Å². The molecular formula is C14H13ClFN5O3S. The molecule has 1 N–H and O–H groups in total. The van der Waals surface area contributed by atoms with Crippen LogP contribution >= 0.6 is 11.6 Å². The maximum Gasteiger partial charge on any atom is 0.240 e. The summed E-state index contributed by atoms with van der Waals surface area (Å²) in [5.74, 6) is 0.225. The molecule has 0 aliphatic carbocycles. The highest BCUT2D eigenvalue weighted by atomic mass is 35.5. The first kappa shape index (κ1) is 17.5. The van der Waals surface area contributed by atoms with Crippen molar-refractivity contribution in [3.05, 3.63) is 47.0 Å². The lowest BCUT2D eigenvalue weighted by Gasteiger charge is -2.08. The zero-order valence-electron chi connectivity index (χ0n) is 13.0. The third-order valence-corrected chi connectivity index (χ3v) is 4.99. The minimum absolute atomic E-state index is 0.00178. The largest absolute Gasteiger partial charge is 0.475 e. The highest BCUT2D eigenvalue weighted by Gasteiger charge is 2.15. The van der Waals surface area contributed by atoms with Crippen LogP contribution in [-0.4, -0.2) is 41.4 Å². The van der Waals surface area contributed by atoms with E-state index in [2.05, 4.69) is 20.0 Å². The van der Waals surface area contributed by atoms with Crippen molar-refractivity contribution in [3.63, 3.8) is 0 Å². The number of aryl methyl sites for hydroxylation is 1. The molecule has 2 heterocycles. The van der Waals surface area contributed by atoms with E-state index in [1.165, 1.54) is 4.52 Å². The maximum absolute atomic E-state index is 13.1. The van der Waals surface area contributed by atoms with Gasteiger partial charge < -0.3 is 4.74 Å². The average molecular weight is 386 g/mol. The zero-order chi connectivity index (χ0) is 18.0. The number of fused-ring (bicyclic) bond motifs is 1. The van der Waals surface area contributed by atoms with Crippen LogP contribution in [0.1, 0.15) is 5.82 Å². The van der Waals surface area contributed by atoms with E-state index in [0.29, 0.717) is 17.4 Å². The first-order valence-electron chi connectivity index (χ1n) is 7.13. The summed E-state index contributed by atoms with van der Waals surface area (Å²) in [6.07, 6.45) is 0. The number of nitrogens with one attached hydrogen (secondary N) is 1. The number of benzene rings is 1. The second-order valence-electron chi connectivity index (χ2n) is 5.01. The SMILES string of the molecule is Cc1nnc2ccc(OCCNS(=O)(=O)c3ccc(F)c(Cl)c3)nn12. The number of aromatic nitrogens is 4. The van der Waals surface area contributed by atoms with Crippen LogP contribution in [0.25, 0.3) is 5.65 Å². The van der Waals surface area contributed by atoms with Crippen molar-refractivity contribution >= 4 is 27.3 Å². The summed E-state index contributed by atoms with van der Waals surface area (Å²) in [6, 6.07) is 6.47. The third kappa shape index (κ3) is 3.86. The summed E-state index contributed by atoms with van der Waals surface area (Å²) in [7, 11) is -3.81. The number of ether oxygens (including phenoxy) is 1. The van der Waals surface area contributed by atoms with E-state index in [1.807, 2.05) is 0 Å². The number of hydrogen-bond donors (Lipinski definition) is 1. The fourth-order valence-electron chi connectivity index (χ4n) is 2.02. The molecule has 0 aliphatic heterocycles. The van der Waals surface area contributed by atoms with Crippen molar-refractivity contribution in [1.82, 2.24) is 24.5 Å². The molecule has 0 unspecified atom stereocenters. The van der Waals surface area contributed by atoms with Gasteiger partial charge in [-0.05, 0) is 31.2 Å². The lowest BCUT2D eigenvalue weighted by molar-refractivity contribution is 0.305. The third-order valence-electron chi connectivity index (χ3n) is 3.24. The standard InChI is InChI=1S/C14H13ClFN5O3S/c1-9-18-19-13-4-5-14(20-21(9)13)24-7-6-17-25(22,23)10-2-3-12(16)11(15)8-10/h2-5,8,17H,6-7H2,1H3. The van der Waals surface area contributed by atoms with Crippen LogP contribution in [-0.2, 0) is 10.0 Å². The molecule has 0 saturated carbocycles. The zero-order valence-corrected chi connectivity index (χ0v) is 14.6. The van der Waals surface area contributed by atoms with Gasteiger partial charge in [0.05, 0.1) is 9.92 Å². The van der Waals surface area contributed by atoms with Crippen molar-refractivity contribution in [1.29, 1.82) is 0 Å². The van der Waals surface area contributed by atoms with E-state index in [4.69, 9.17) is 16.3 Å². The van der Waals surface area contributed by atoms with Crippen LogP contribution in [0, 0.1) is 12.7 Å². The number of hydrogen-bond acceptors (Lipinski definition) is 6. The quantitative estimate of drug-likeness (QED) is 0.647. The van der Waals surface area contributed by atoms with E-state index >= 15 is 0 Å². The summed E-state index contributed by atoms with van der Waals surface area (Å²) in [5.41, 5.74) is 0.582. The summed E-state index contributed by atoms with van der Waals surface area (Å²) in [4.78, 5) is -0.126. The second kappa shape index (κ2) is 6.90. The Kier molecular flexibility index (Phi) is 4.84. The molecule has 0 radical (unpaired) electrons. The Labute approximate surface area is 147 Å². The molecule has 0 fully saturated rings. The van der Waals surface area contributed by atoms with Gasteiger partial charge in [0.1, 0.15) is 12.4 Å². The summed E-state index contributed by atoms with van der Waals surface area (Å²) in [6.45, 7) is 1.80. The molecule has 0 amide bonds. The molecule has 8 nitrogen and oxygen atoms in total. The molecule has 0 atom stereocenters. The number of rotatable bonds is 6. The van der Waals surface area contributed by atoms with Gasteiger partial charge in [-0.15, -0.1) is 15.3 Å². The first-order valence-corrected chi connectivity index (χ1v) is 8.99. The minimum atomic E-state index is -3.81. The molecule has 0 aliphatic rings. The summed E-state index contributed by atoms with van der Waals surface area (Å²) >= 11 is 5.60. The number of halogens is 2. The predicted molar refractivity (Wildman–Crippen MR) is 87.6 cm³/mol. The van der Waals surface area contributed by atoms with Gasteiger partial charge in [0.2, 0.25) is 15.9 Å². The molecule has 2 aromatic heterocycles. The molecule has 3 rings (SSSR count). The molecular weight excluding hydrogens is 373 g/mol. The smallest absolute Gasteiger partial charge is 0.240 e. The van der Waals surface area contributed by atoms with E-state index in [-0.39, 0.29) is 23.1 Å². The average Bonchev–Trinajstić information content (AvgIpc) is 2.95. The first-order chi connectivity index (χ1) is 11.9. The number of nitrogens with zero attached hydrogens (tertiary/aromatic N) is 4. The van der Waals surface area contributed by atoms with Crippen molar-refractivity contribution in [2.75, 3.05) is 13.2 Å². The van der Waals surface area contributed by atoms with Crippen molar-refractivity contribution in [3.8, 4) is 5.88 Å². The summed E-state index contributed by atoms with van der Waals surface area (Å²) in [5, 5.41) is 11.7. The molecule has 0 spiro atoms. The molecule has 1 aromatic carbocycles. The second-order valence-corrected chi connectivity index (χ2v) is 7.19. The van der Waals surface area contributed by atoms with Crippen LogP contribution in [0.3, 0.4) is 0 Å². The lowest BCUT2D eigenvalue weighted by Crippen LogP contribution is -2.28. The summed E-state index contributed by atoms with van der Waals surface area (Å²) < 4.78 is 46.6. The van der Waals surface area contributed by atoms with E-state index in [9.17, 15) is 12.8 Å². The van der Waals surface area contributed by atoms with Crippen molar-refractivity contribution in [2.24, 2.45) is 0 Å². The Morgan fingerprint density at radius 1 is 1.28 bits per heavy atom. The highest BCUT2D eigenvalue weighted by molar-refractivity contribution is 7.89. The van der Waals surface area contributed by atoms with Gasteiger partial charge in [-0.1, -0.05) is 11.6 Å². The van der Waals surface area contributed by atoms with Crippen LogP contribution in [0.15, 0.2) is 35.2 Å². The Balaban J connectivity index is 1.59. The van der Waals surface area contributed by atoms with Crippen LogP contribution in [0.2, 0.25) is 5.02 Å². The molecule has 11 heteroatoms. The van der Waals surface area contributed by atoms with Gasteiger partial charge in [0.15, 0.2) is 11.5 Å². The van der Waals surface area contributed by atoms with Crippen LogP contribution in [0.4, 0.5) is 4.39 Å². The number of sulfonamides is 1. The van der Waals surface area contributed by atoms with Crippen LogP contribution in [0.5, 0.6) is 5.88 Å². The Hall–Kier alpha value is -2.30. The molecule has 25 heavy (non-hydrogen) atoms. The topological polar surface area (TPSA) is 98.5 Å². The highest BCUT2D eigenvalue weighted by Crippen LogP contribution is 2.19. The van der Waals surface area contributed by atoms with Crippen molar-refractivity contribution in [2.45, 2.75) is 11.8 Å². The monoisotopic (exact) mass is 385 g/mol. The minimum Gasteiger partial charge on any atom is -0.475 e. The van der Waals surface area contributed by atoms with Gasteiger partial charge in [-0.3, -0.25) is 0 Å². The van der Waals surface area contributed by atoms with Gasteiger partial charge in [0.25, 0.3) is 0 Å².